The zero-order chi connectivity index (χ0) is 17.4. The molecule has 128 valence electrons. The average Bonchev–Trinajstić information content (AvgIpc) is 2.94. The first-order chi connectivity index (χ1) is 11.4. The first kappa shape index (κ1) is 16.4. The Morgan fingerprint density at radius 3 is 2.75 bits per heavy atom. The fraction of sp³-hybridized carbons (Fsp3) is 0.562. The molecule has 1 aliphatic carbocycles. The van der Waals surface area contributed by atoms with E-state index in [4.69, 9.17) is 0 Å². The number of carboxylic acids is 1. The number of aromatic nitrogens is 1. The van der Waals surface area contributed by atoms with Crippen LogP contribution in [0.4, 0.5) is 5.69 Å². The number of nitrogens with zero attached hydrogens (tertiary/aromatic N) is 3. The molecule has 1 amide bonds. The zero-order valence-electron chi connectivity index (χ0n) is 13.3. The van der Waals surface area contributed by atoms with E-state index in [1.165, 1.54) is 11.0 Å². The third-order valence-electron chi connectivity index (χ3n) is 5.12. The highest BCUT2D eigenvalue weighted by Crippen LogP contribution is 2.40. The molecular formula is C16H19N3O5. The maximum atomic E-state index is 13.0. The molecule has 0 radical (unpaired) electrons. The molecular weight excluding hydrogens is 314 g/mol. The Balaban J connectivity index is 1.99. The van der Waals surface area contributed by atoms with Gasteiger partial charge in [-0.25, -0.2) is 4.79 Å². The van der Waals surface area contributed by atoms with Gasteiger partial charge < -0.3 is 10.0 Å². The lowest BCUT2D eigenvalue weighted by Crippen LogP contribution is -2.46. The van der Waals surface area contributed by atoms with Crippen molar-refractivity contribution >= 4 is 17.6 Å². The van der Waals surface area contributed by atoms with Gasteiger partial charge in [0, 0.05) is 12.1 Å². The molecule has 3 atom stereocenters. The first-order valence-corrected chi connectivity index (χ1v) is 8.06. The minimum absolute atomic E-state index is 0.106. The number of carbonyl (C=O) groups is 2. The topological polar surface area (TPSA) is 114 Å². The van der Waals surface area contributed by atoms with Crippen LogP contribution in [-0.4, -0.2) is 43.9 Å². The van der Waals surface area contributed by atoms with Crippen LogP contribution in [0.5, 0.6) is 0 Å². The average molecular weight is 333 g/mol. The summed E-state index contributed by atoms with van der Waals surface area (Å²) in [6.45, 7) is 1.60. The first-order valence-electron chi connectivity index (χ1n) is 8.06. The maximum absolute atomic E-state index is 13.0. The van der Waals surface area contributed by atoms with Gasteiger partial charge in [0.05, 0.1) is 16.2 Å². The molecule has 1 N–H and O–H groups in total. The van der Waals surface area contributed by atoms with Crippen LogP contribution in [0, 0.1) is 23.0 Å². The third kappa shape index (κ3) is 2.72. The lowest BCUT2D eigenvalue weighted by Gasteiger charge is -2.33. The molecule has 1 aliphatic heterocycles. The quantitative estimate of drug-likeness (QED) is 0.669. The Labute approximate surface area is 138 Å². The molecule has 0 bridgehead atoms. The summed E-state index contributed by atoms with van der Waals surface area (Å²) >= 11 is 0. The van der Waals surface area contributed by atoms with Gasteiger partial charge in [0.2, 0.25) is 0 Å². The van der Waals surface area contributed by atoms with Crippen LogP contribution in [0.15, 0.2) is 12.3 Å². The van der Waals surface area contributed by atoms with E-state index in [0.29, 0.717) is 12.1 Å². The molecule has 2 fully saturated rings. The Kier molecular flexibility index (Phi) is 4.21. The summed E-state index contributed by atoms with van der Waals surface area (Å²) < 4.78 is 0. The van der Waals surface area contributed by atoms with Crippen molar-refractivity contribution in [3.8, 4) is 0 Å². The van der Waals surface area contributed by atoms with Gasteiger partial charge in [-0.3, -0.25) is 19.9 Å². The second-order valence-electron chi connectivity index (χ2n) is 6.50. The standard InChI is InChI=1S/C16H19N3O5/c1-9-12(7-11(8-17-9)19(23)24)15(20)18-13-5-3-2-4-10(13)6-14(18)16(21)22/h7-8,10,13-14H,2-6H2,1H3,(H,21,22). The van der Waals surface area contributed by atoms with Crippen molar-refractivity contribution in [2.45, 2.75) is 51.1 Å². The van der Waals surface area contributed by atoms with Crippen molar-refractivity contribution in [3.05, 3.63) is 33.6 Å². The molecule has 0 spiro atoms. The summed E-state index contributed by atoms with van der Waals surface area (Å²) in [5, 5.41) is 20.5. The summed E-state index contributed by atoms with van der Waals surface area (Å²) in [6.07, 6.45) is 5.27. The molecule has 2 aliphatic rings. The van der Waals surface area contributed by atoms with Crippen molar-refractivity contribution in [2.75, 3.05) is 0 Å². The number of pyridine rings is 1. The lowest BCUT2D eigenvalue weighted by atomic mass is 9.84. The van der Waals surface area contributed by atoms with E-state index in [0.717, 1.165) is 31.9 Å². The number of hydrogen-bond donors (Lipinski definition) is 1. The molecule has 1 saturated carbocycles. The second kappa shape index (κ2) is 6.18. The third-order valence-corrected chi connectivity index (χ3v) is 5.12. The van der Waals surface area contributed by atoms with Crippen molar-refractivity contribution in [1.29, 1.82) is 0 Å². The Morgan fingerprint density at radius 2 is 2.08 bits per heavy atom. The molecule has 3 rings (SSSR count). The zero-order valence-corrected chi connectivity index (χ0v) is 13.3. The van der Waals surface area contributed by atoms with E-state index in [1.807, 2.05) is 0 Å². The summed E-state index contributed by atoms with van der Waals surface area (Å²) in [6, 6.07) is 0.218. The summed E-state index contributed by atoms with van der Waals surface area (Å²) in [4.78, 5) is 40.4. The van der Waals surface area contributed by atoms with Gasteiger partial charge in [-0.15, -0.1) is 0 Å². The van der Waals surface area contributed by atoms with Gasteiger partial charge in [0.15, 0.2) is 0 Å². The number of fused-ring (bicyclic) bond motifs is 1. The molecule has 1 saturated heterocycles. The highest BCUT2D eigenvalue weighted by molar-refractivity contribution is 5.98. The molecule has 0 aromatic carbocycles. The van der Waals surface area contributed by atoms with E-state index < -0.39 is 22.8 Å². The summed E-state index contributed by atoms with van der Waals surface area (Å²) in [5.74, 6) is -1.30. The number of aryl methyl sites for hydroxylation is 1. The van der Waals surface area contributed by atoms with Crippen molar-refractivity contribution in [2.24, 2.45) is 5.92 Å². The van der Waals surface area contributed by atoms with E-state index in [2.05, 4.69) is 4.98 Å². The van der Waals surface area contributed by atoms with Gasteiger partial charge in [-0.1, -0.05) is 12.8 Å². The number of carbonyl (C=O) groups excluding carboxylic acids is 1. The SMILES string of the molecule is Cc1ncc([N+](=O)[O-])cc1C(=O)N1C(C(=O)O)CC2CCCCC21. The largest absolute Gasteiger partial charge is 0.480 e. The molecule has 8 nitrogen and oxygen atoms in total. The van der Waals surface area contributed by atoms with Crippen LogP contribution in [0.3, 0.4) is 0 Å². The fourth-order valence-electron chi connectivity index (χ4n) is 3.95. The van der Waals surface area contributed by atoms with E-state index in [1.54, 1.807) is 6.92 Å². The monoisotopic (exact) mass is 333 g/mol. The molecule has 24 heavy (non-hydrogen) atoms. The van der Waals surface area contributed by atoms with E-state index >= 15 is 0 Å². The number of nitro groups is 1. The Bertz CT molecular complexity index is 705. The van der Waals surface area contributed by atoms with Crippen molar-refractivity contribution in [1.82, 2.24) is 9.88 Å². The molecule has 3 unspecified atom stereocenters. The lowest BCUT2D eigenvalue weighted by molar-refractivity contribution is -0.385. The number of amides is 1. The van der Waals surface area contributed by atoms with Gasteiger partial charge in [0.1, 0.15) is 12.2 Å². The smallest absolute Gasteiger partial charge is 0.326 e. The Morgan fingerprint density at radius 1 is 1.38 bits per heavy atom. The predicted octanol–water partition coefficient (Wildman–Crippen LogP) is 2.16. The van der Waals surface area contributed by atoms with Gasteiger partial charge in [-0.2, -0.15) is 0 Å². The second-order valence-corrected chi connectivity index (χ2v) is 6.50. The fourth-order valence-corrected chi connectivity index (χ4v) is 3.95. The van der Waals surface area contributed by atoms with Crippen molar-refractivity contribution in [3.63, 3.8) is 0 Å². The highest BCUT2D eigenvalue weighted by atomic mass is 16.6. The number of hydrogen-bond acceptors (Lipinski definition) is 5. The van der Waals surface area contributed by atoms with Gasteiger partial charge >= 0.3 is 5.97 Å². The summed E-state index contributed by atoms with van der Waals surface area (Å²) in [5.41, 5.74) is 0.214. The Hall–Kier alpha value is -2.51. The van der Waals surface area contributed by atoms with Gasteiger partial charge in [-0.05, 0) is 32.1 Å². The predicted molar refractivity (Wildman–Crippen MR) is 83.6 cm³/mol. The van der Waals surface area contributed by atoms with Crippen LogP contribution >= 0.6 is 0 Å². The minimum atomic E-state index is -1.02. The number of likely N-dealkylation sites (tertiary alicyclic amines) is 1. The molecule has 8 heteroatoms. The van der Waals surface area contributed by atoms with Crippen LogP contribution < -0.4 is 0 Å². The number of rotatable bonds is 3. The van der Waals surface area contributed by atoms with Crippen LogP contribution in [0.2, 0.25) is 0 Å². The number of aliphatic carboxylic acids is 1. The highest BCUT2D eigenvalue weighted by Gasteiger charge is 2.48. The van der Waals surface area contributed by atoms with E-state index in [9.17, 15) is 24.8 Å². The van der Waals surface area contributed by atoms with Crippen molar-refractivity contribution < 1.29 is 19.6 Å². The normalized spacial score (nSPS) is 26.0. The minimum Gasteiger partial charge on any atom is -0.480 e. The van der Waals surface area contributed by atoms with E-state index in [-0.39, 0.29) is 23.2 Å². The van der Waals surface area contributed by atoms with Crippen LogP contribution in [0.25, 0.3) is 0 Å². The van der Waals surface area contributed by atoms with Gasteiger partial charge in [0.25, 0.3) is 11.6 Å². The summed E-state index contributed by atoms with van der Waals surface area (Å²) in [7, 11) is 0. The number of carboxylic acid groups (broad SMARTS) is 1. The molecule has 2 heterocycles. The molecule has 1 aromatic rings. The maximum Gasteiger partial charge on any atom is 0.326 e. The van der Waals surface area contributed by atoms with Crippen LogP contribution in [-0.2, 0) is 4.79 Å². The molecule has 1 aromatic heterocycles. The van der Waals surface area contributed by atoms with Crippen LogP contribution in [0.1, 0.15) is 48.2 Å².